The van der Waals surface area contributed by atoms with Crippen molar-refractivity contribution < 1.29 is 4.79 Å². The summed E-state index contributed by atoms with van der Waals surface area (Å²) >= 11 is 5.97. The second-order valence-electron chi connectivity index (χ2n) is 6.85. The number of benzene rings is 2. The van der Waals surface area contributed by atoms with Crippen molar-refractivity contribution in [2.45, 2.75) is 13.8 Å². The van der Waals surface area contributed by atoms with Gasteiger partial charge in [0.2, 0.25) is 0 Å². The highest BCUT2D eigenvalue weighted by Crippen LogP contribution is 2.21. The molecule has 4 aromatic rings. The molecule has 146 valence electrons. The molecule has 2 aromatic heterocycles. The Kier molecular flexibility index (Phi) is 4.68. The zero-order valence-corrected chi connectivity index (χ0v) is 16.9. The molecule has 29 heavy (non-hydrogen) atoms. The van der Waals surface area contributed by atoms with Crippen LogP contribution in [-0.4, -0.2) is 25.2 Å². The molecule has 0 bridgehead atoms. The van der Waals surface area contributed by atoms with Crippen LogP contribution in [0.3, 0.4) is 0 Å². The van der Waals surface area contributed by atoms with E-state index in [0.29, 0.717) is 16.4 Å². The first-order chi connectivity index (χ1) is 13.8. The van der Waals surface area contributed by atoms with Crippen molar-refractivity contribution in [3.63, 3.8) is 0 Å². The van der Waals surface area contributed by atoms with Crippen molar-refractivity contribution >= 4 is 34.2 Å². The molecule has 0 atom stereocenters. The molecular formula is C21H18ClN5O2. The standard InChI is InChI=1S/C21H18ClN5O2/c1-12-4-7-15(10-13(12)2)24-20(28)18-17-19(21(29)26(3)11-23-17)27(25-18)16-8-5-14(22)6-9-16/h4-11H,1-3H3,(H,24,28). The molecule has 2 heterocycles. The minimum atomic E-state index is -0.438. The summed E-state index contributed by atoms with van der Waals surface area (Å²) in [5.74, 6) is -0.438. The molecule has 4 rings (SSSR count). The molecular weight excluding hydrogens is 390 g/mol. The Morgan fingerprint density at radius 3 is 2.48 bits per heavy atom. The van der Waals surface area contributed by atoms with Gasteiger partial charge in [-0.1, -0.05) is 17.7 Å². The molecule has 0 aliphatic heterocycles. The maximum Gasteiger partial charge on any atom is 0.279 e. The second kappa shape index (κ2) is 7.18. The Bertz CT molecular complexity index is 1310. The lowest BCUT2D eigenvalue weighted by atomic mass is 10.1. The number of amides is 1. The van der Waals surface area contributed by atoms with Gasteiger partial charge in [-0.05, 0) is 61.4 Å². The number of rotatable bonds is 3. The smallest absolute Gasteiger partial charge is 0.279 e. The quantitative estimate of drug-likeness (QED) is 0.562. The summed E-state index contributed by atoms with van der Waals surface area (Å²) in [7, 11) is 1.60. The van der Waals surface area contributed by atoms with Gasteiger partial charge < -0.3 is 9.88 Å². The lowest BCUT2D eigenvalue weighted by Crippen LogP contribution is -2.19. The van der Waals surface area contributed by atoms with Crippen LogP contribution in [0, 0.1) is 13.8 Å². The van der Waals surface area contributed by atoms with E-state index in [0.717, 1.165) is 11.1 Å². The number of nitrogens with zero attached hydrogens (tertiary/aromatic N) is 4. The van der Waals surface area contributed by atoms with Gasteiger partial charge in [-0.15, -0.1) is 0 Å². The van der Waals surface area contributed by atoms with Crippen molar-refractivity contribution in [3.8, 4) is 5.69 Å². The van der Waals surface area contributed by atoms with E-state index in [9.17, 15) is 9.59 Å². The Morgan fingerprint density at radius 2 is 1.79 bits per heavy atom. The number of aryl methyl sites for hydroxylation is 3. The minimum absolute atomic E-state index is 0.0749. The Morgan fingerprint density at radius 1 is 1.07 bits per heavy atom. The predicted molar refractivity (Wildman–Crippen MR) is 113 cm³/mol. The van der Waals surface area contributed by atoms with Gasteiger partial charge in [0.1, 0.15) is 5.52 Å². The number of halogens is 1. The molecule has 0 fully saturated rings. The normalized spacial score (nSPS) is 11.0. The number of aromatic nitrogens is 4. The van der Waals surface area contributed by atoms with Crippen LogP contribution >= 0.6 is 11.6 Å². The van der Waals surface area contributed by atoms with Crippen molar-refractivity contribution in [1.82, 2.24) is 19.3 Å². The fraction of sp³-hybridized carbons (Fsp3) is 0.143. The van der Waals surface area contributed by atoms with Gasteiger partial charge in [0.15, 0.2) is 11.2 Å². The van der Waals surface area contributed by atoms with Crippen LogP contribution in [0.1, 0.15) is 21.6 Å². The zero-order valence-electron chi connectivity index (χ0n) is 16.1. The summed E-state index contributed by atoms with van der Waals surface area (Å²) in [6.45, 7) is 3.98. The van der Waals surface area contributed by atoms with Gasteiger partial charge >= 0.3 is 0 Å². The van der Waals surface area contributed by atoms with Gasteiger partial charge in [0.25, 0.3) is 11.5 Å². The highest BCUT2D eigenvalue weighted by molar-refractivity contribution is 6.30. The Hall–Kier alpha value is -3.45. The van der Waals surface area contributed by atoms with Crippen molar-refractivity contribution in [1.29, 1.82) is 0 Å². The van der Waals surface area contributed by atoms with E-state index >= 15 is 0 Å². The molecule has 0 aliphatic carbocycles. The molecule has 0 radical (unpaired) electrons. The third-order valence-corrected chi connectivity index (χ3v) is 5.05. The Labute approximate surface area is 171 Å². The molecule has 8 heteroatoms. The number of anilines is 1. The van der Waals surface area contributed by atoms with E-state index in [-0.39, 0.29) is 22.3 Å². The van der Waals surface area contributed by atoms with Crippen molar-refractivity contribution in [2.75, 3.05) is 5.32 Å². The molecule has 0 spiro atoms. The first kappa shape index (κ1) is 18.9. The average Bonchev–Trinajstić information content (AvgIpc) is 3.08. The largest absolute Gasteiger partial charge is 0.321 e. The monoisotopic (exact) mass is 407 g/mol. The summed E-state index contributed by atoms with van der Waals surface area (Å²) < 4.78 is 2.78. The van der Waals surface area contributed by atoms with Crippen LogP contribution in [0.5, 0.6) is 0 Å². The van der Waals surface area contributed by atoms with Gasteiger partial charge in [-0.25, -0.2) is 9.67 Å². The summed E-state index contributed by atoms with van der Waals surface area (Å²) in [5.41, 5.74) is 3.68. The van der Waals surface area contributed by atoms with Crippen LogP contribution in [0.4, 0.5) is 5.69 Å². The van der Waals surface area contributed by atoms with E-state index in [1.54, 1.807) is 31.3 Å². The lowest BCUT2D eigenvalue weighted by Gasteiger charge is -2.06. The van der Waals surface area contributed by atoms with Crippen molar-refractivity contribution in [2.24, 2.45) is 7.05 Å². The van der Waals surface area contributed by atoms with Crippen molar-refractivity contribution in [3.05, 3.63) is 81.0 Å². The summed E-state index contributed by atoms with van der Waals surface area (Å²) in [5, 5.41) is 7.81. The minimum Gasteiger partial charge on any atom is -0.321 e. The maximum absolute atomic E-state index is 13.0. The fourth-order valence-electron chi connectivity index (χ4n) is 3.02. The zero-order chi connectivity index (χ0) is 20.7. The first-order valence-corrected chi connectivity index (χ1v) is 9.32. The average molecular weight is 408 g/mol. The highest BCUT2D eigenvalue weighted by Gasteiger charge is 2.22. The summed E-state index contributed by atoms with van der Waals surface area (Å²) in [6.07, 6.45) is 1.38. The molecule has 2 aromatic carbocycles. The molecule has 7 nitrogen and oxygen atoms in total. The van der Waals surface area contributed by atoms with Gasteiger partial charge in [-0.2, -0.15) is 5.10 Å². The van der Waals surface area contributed by atoms with E-state index < -0.39 is 5.91 Å². The first-order valence-electron chi connectivity index (χ1n) is 8.94. The number of carbonyl (C=O) groups excluding carboxylic acids is 1. The van der Waals surface area contributed by atoms with Gasteiger partial charge in [-0.3, -0.25) is 9.59 Å². The number of hydrogen-bond donors (Lipinski definition) is 1. The third kappa shape index (κ3) is 3.40. The fourth-order valence-corrected chi connectivity index (χ4v) is 3.15. The van der Waals surface area contributed by atoms with Crippen LogP contribution in [0.15, 0.2) is 53.6 Å². The maximum atomic E-state index is 13.0. The van der Waals surface area contributed by atoms with Crippen LogP contribution in [-0.2, 0) is 7.05 Å². The van der Waals surface area contributed by atoms with E-state index in [4.69, 9.17) is 11.6 Å². The van der Waals surface area contributed by atoms with Gasteiger partial charge in [0.05, 0.1) is 12.0 Å². The molecule has 0 saturated heterocycles. The number of nitrogens with one attached hydrogen (secondary N) is 1. The van der Waals surface area contributed by atoms with Crippen LogP contribution in [0.2, 0.25) is 5.02 Å². The van der Waals surface area contributed by atoms with E-state index in [1.165, 1.54) is 15.6 Å². The number of carbonyl (C=O) groups is 1. The Balaban J connectivity index is 1.85. The predicted octanol–water partition coefficient (Wildman–Crippen LogP) is 3.64. The molecule has 0 aliphatic rings. The number of fused-ring (bicyclic) bond motifs is 1. The lowest BCUT2D eigenvalue weighted by molar-refractivity contribution is 0.102. The summed E-state index contributed by atoms with van der Waals surface area (Å²) in [6, 6.07) is 12.5. The SMILES string of the molecule is Cc1ccc(NC(=O)c2nn(-c3ccc(Cl)cc3)c3c(=O)n(C)cnc23)cc1C. The second-order valence-corrected chi connectivity index (χ2v) is 7.28. The van der Waals surface area contributed by atoms with E-state index in [1.807, 2.05) is 32.0 Å². The molecule has 0 unspecified atom stereocenters. The summed E-state index contributed by atoms with van der Waals surface area (Å²) in [4.78, 5) is 30.0. The molecule has 0 saturated carbocycles. The highest BCUT2D eigenvalue weighted by atomic mass is 35.5. The van der Waals surface area contributed by atoms with Crippen LogP contribution in [0.25, 0.3) is 16.7 Å². The molecule has 1 amide bonds. The molecule has 1 N–H and O–H groups in total. The topological polar surface area (TPSA) is 81.8 Å². The third-order valence-electron chi connectivity index (χ3n) is 4.79. The van der Waals surface area contributed by atoms with E-state index in [2.05, 4.69) is 15.4 Å². The number of hydrogen-bond acceptors (Lipinski definition) is 4. The van der Waals surface area contributed by atoms with Crippen LogP contribution < -0.4 is 10.9 Å². The van der Waals surface area contributed by atoms with Gasteiger partial charge in [0, 0.05) is 17.8 Å².